The van der Waals surface area contributed by atoms with E-state index < -0.39 is 0 Å². The van der Waals surface area contributed by atoms with Crippen LogP contribution in [0.1, 0.15) is 32.6 Å². The molecule has 1 saturated carbocycles. The predicted octanol–water partition coefficient (Wildman–Crippen LogP) is 1.18. The monoisotopic (exact) mass is 330 g/mol. The van der Waals surface area contributed by atoms with E-state index in [0.717, 1.165) is 61.9 Å². The molecule has 4 rings (SSSR count). The van der Waals surface area contributed by atoms with Gasteiger partial charge in [0, 0.05) is 25.2 Å². The molecule has 1 saturated heterocycles. The minimum absolute atomic E-state index is 0.131. The standard InChI is InChI=1S/C17H26N6O/c1-2-22-12-20-14-15(22)18-11-19-16(14)23-7-5-17(10-24,6-8-23)21-9-13-3-4-13/h11-13,21,24H,2-10H2,1H3. The van der Waals surface area contributed by atoms with Crippen molar-refractivity contribution < 1.29 is 5.11 Å². The molecular formula is C17H26N6O. The van der Waals surface area contributed by atoms with E-state index in [1.54, 1.807) is 6.33 Å². The average Bonchev–Trinajstić information content (AvgIpc) is 3.37. The Labute approximate surface area is 142 Å². The molecule has 0 bridgehead atoms. The predicted molar refractivity (Wildman–Crippen MR) is 93.0 cm³/mol. The molecule has 0 unspecified atom stereocenters. The Bertz CT molecular complexity index is 702. The van der Waals surface area contributed by atoms with E-state index >= 15 is 0 Å². The Hall–Kier alpha value is -1.73. The smallest absolute Gasteiger partial charge is 0.165 e. The number of nitrogens with one attached hydrogen (secondary N) is 1. The summed E-state index contributed by atoms with van der Waals surface area (Å²) < 4.78 is 2.04. The van der Waals surface area contributed by atoms with Gasteiger partial charge in [-0.2, -0.15) is 0 Å². The van der Waals surface area contributed by atoms with Gasteiger partial charge >= 0.3 is 0 Å². The van der Waals surface area contributed by atoms with Crippen LogP contribution in [-0.2, 0) is 6.54 Å². The number of fused-ring (bicyclic) bond motifs is 1. The van der Waals surface area contributed by atoms with E-state index in [9.17, 15) is 5.11 Å². The third kappa shape index (κ3) is 2.86. The van der Waals surface area contributed by atoms with Gasteiger partial charge in [-0.25, -0.2) is 15.0 Å². The van der Waals surface area contributed by atoms with E-state index in [1.165, 1.54) is 12.8 Å². The highest BCUT2D eigenvalue weighted by Gasteiger charge is 2.36. The Morgan fingerprint density at radius 3 is 2.71 bits per heavy atom. The second-order valence-electron chi connectivity index (χ2n) is 7.15. The lowest BCUT2D eigenvalue weighted by molar-refractivity contribution is 0.133. The first-order valence-electron chi connectivity index (χ1n) is 9.01. The van der Waals surface area contributed by atoms with Crippen LogP contribution in [0, 0.1) is 5.92 Å². The molecule has 1 aliphatic carbocycles. The van der Waals surface area contributed by atoms with Gasteiger partial charge < -0.3 is 19.9 Å². The molecule has 0 amide bonds. The molecule has 0 spiro atoms. The van der Waals surface area contributed by atoms with Crippen LogP contribution in [0.15, 0.2) is 12.7 Å². The summed E-state index contributed by atoms with van der Waals surface area (Å²) in [5.74, 6) is 1.74. The Morgan fingerprint density at radius 1 is 1.25 bits per heavy atom. The van der Waals surface area contributed by atoms with Gasteiger partial charge in [-0.3, -0.25) is 0 Å². The normalized spacial score (nSPS) is 20.7. The highest BCUT2D eigenvalue weighted by molar-refractivity contribution is 5.83. The molecule has 7 nitrogen and oxygen atoms in total. The quantitative estimate of drug-likeness (QED) is 0.828. The highest BCUT2D eigenvalue weighted by atomic mass is 16.3. The molecule has 1 aliphatic heterocycles. The van der Waals surface area contributed by atoms with Crippen LogP contribution >= 0.6 is 0 Å². The minimum atomic E-state index is -0.131. The zero-order valence-corrected chi connectivity index (χ0v) is 14.3. The van der Waals surface area contributed by atoms with Crippen molar-refractivity contribution in [2.75, 3.05) is 31.1 Å². The van der Waals surface area contributed by atoms with Crippen LogP contribution in [0.2, 0.25) is 0 Å². The second-order valence-corrected chi connectivity index (χ2v) is 7.15. The SMILES string of the molecule is CCn1cnc2c(N3CCC(CO)(NCC4CC4)CC3)ncnc21. The van der Waals surface area contributed by atoms with Crippen molar-refractivity contribution in [3.8, 4) is 0 Å². The summed E-state index contributed by atoms with van der Waals surface area (Å²) in [4.78, 5) is 15.7. The number of imidazole rings is 1. The van der Waals surface area contributed by atoms with E-state index in [2.05, 4.69) is 32.1 Å². The maximum absolute atomic E-state index is 9.92. The molecule has 7 heteroatoms. The van der Waals surface area contributed by atoms with Gasteiger partial charge in [0.05, 0.1) is 12.9 Å². The van der Waals surface area contributed by atoms with Crippen LogP contribution in [0.4, 0.5) is 5.82 Å². The first-order chi connectivity index (χ1) is 11.7. The van der Waals surface area contributed by atoms with Crippen molar-refractivity contribution in [3.63, 3.8) is 0 Å². The zero-order valence-electron chi connectivity index (χ0n) is 14.3. The fraction of sp³-hybridized carbons (Fsp3) is 0.706. The van der Waals surface area contributed by atoms with Gasteiger partial charge in [0.1, 0.15) is 6.33 Å². The molecule has 2 fully saturated rings. The van der Waals surface area contributed by atoms with E-state index in [1.807, 2.05) is 10.9 Å². The van der Waals surface area contributed by atoms with Crippen LogP contribution in [0.3, 0.4) is 0 Å². The van der Waals surface area contributed by atoms with Gasteiger partial charge in [0.15, 0.2) is 17.0 Å². The number of hydrogen-bond acceptors (Lipinski definition) is 6. The number of rotatable bonds is 6. The summed E-state index contributed by atoms with van der Waals surface area (Å²) >= 11 is 0. The Kier molecular flexibility index (Phi) is 4.14. The summed E-state index contributed by atoms with van der Waals surface area (Å²) in [6.07, 6.45) is 7.98. The fourth-order valence-electron chi connectivity index (χ4n) is 3.55. The van der Waals surface area contributed by atoms with E-state index in [0.29, 0.717) is 0 Å². The lowest BCUT2D eigenvalue weighted by Crippen LogP contribution is -2.56. The third-order valence-electron chi connectivity index (χ3n) is 5.51. The molecule has 2 aromatic rings. The number of anilines is 1. The lowest BCUT2D eigenvalue weighted by Gasteiger charge is -2.42. The molecular weight excluding hydrogens is 304 g/mol. The lowest BCUT2D eigenvalue weighted by atomic mass is 9.88. The third-order valence-corrected chi connectivity index (χ3v) is 5.51. The number of hydrogen-bond donors (Lipinski definition) is 2. The Morgan fingerprint density at radius 2 is 2.04 bits per heavy atom. The summed E-state index contributed by atoms with van der Waals surface area (Å²) in [7, 11) is 0. The molecule has 0 atom stereocenters. The maximum Gasteiger partial charge on any atom is 0.165 e. The van der Waals surface area contributed by atoms with E-state index in [-0.39, 0.29) is 12.1 Å². The molecule has 130 valence electrons. The van der Waals surface area contributed by atoms with Gasteiger partial charge in [-0.05, 0) is 45.1 Å². The first-order valence-corrected chi connectivity index (χ1v) is 9.01. The number of aliphatic hydroxyl groups is 1. The fourth-order valence-corrected chi connectivity index (χ4v) is 3.55. The molecule has 0 aromatic carbocycles. The van der Waals surface area contributed by atoms with Crippen LogP contribution < -0.4 is 10.2 Å². The van der Waals surface area contributed by atoms with E-state index in [4.69, 9.17) is 0 Å². The van der Waals surface area contributed by atoms with Crippen LogP contribution in [-0.4, -0.2) is 56.4 Å². The van der Waals surface area contributed by atoms with Gasteiger partial charge in [0.2, 0.25) is 0 Å². The van der Waals surface area contributed by atoms with Crippen LogP contribution in [0.5, 0.6) is 0 Å². The minimum Gasteiger partial charge on any atom is -0.394 e. The van der Waals surface area contributed by atoms with Gasteiger partial charge in [0.25, 0.3) is 0 Å². The molecule has 3 heterocycles. The average molecular weight is 330 g/mol. The van der Waals surface area contributed by atoms with Crippen molar-refractivity contribution >= 4 is 17.0 Å². The number of nitrogens with zero attached hydrogens (tertiary/aromatic N) is 5. The number of aliphatic hydroxyl groups excluding tert-OH is 1. The Balaban J connectivity index is 1.50. The molecule has 2 aliphatic rings. The van der Waals surface area contributed by atoms with Crippen molar-refractivity contribution in [2.24, 2.45) is 5.92 Å². The van der Waals surface area contributed by atoms with Gasteiger partial charge in [-0.15, -0.1) is 0 Å². The topological polar surface area (TPSA) is 79.1 Å². The largest absolute Gasteiger partial charge is 0.394 e. The van der Waals surface area contributed by atoms with Crippen molar-refractivity contribution in [1.82, 2.24) is 24.8 Å². The first kappa shape index (κ1) is 15.8. The summed E-state index contributed by atoms with van der Waals surface area (Å²) in [5, 5.41) is 13.6. The zero-order chi connectivity index (χ0) is 16.6. The second kappa shape index (κ2) is 6.29. The summed E-state index contributed by atoms with van der Waals surface area (Å²) in [5.41, 5.74) is 1.64. The number of aromatic nitrogens is 4. The number of piperidine rings is 1. The molecule has 0 radical (unpaired) electrons. The van der Waals surface area contributed by atoms with Crippen molar-refractivity contribution in [3.05, 3.63) is 12.7 Å². The summed E-state index contributed by atoms with van der Waals surface area (Å²) in [6, 6.07) is 0. The maximum atomic E-state index is 9.92. The van der Waals surface area contributed by atoms with Crippen LogP contribution in [0.25, 0.3) is 11.2 Å². The molecule has 2 aromatic heterocycles. The summed E-state index contributed by atoms with van der Waals surface area (Å²) in [6.45, 7) is 5.94. The van der Waals surface area contributed by atoms with Crippen molar-refractivity contribution in [2.45, 2.75) is 44.7 Å². The van der Waals surface area contributed by atoms with Crippen molar-refractivity contribution in [1.29, 1.82) is 0 Å². The highest BCUT2D eigenvalue weighted by Crippen LogP contribution is 2.31. The molecule has 24 heavy (non-hydrogen) atoms. The van der Waals surface area contributed by atoms with Gasteiger partial charge in [-0.1, -0.05) is 0 Å². The molecule has 2 N–H and O–H groups in total. The number of aryl methyl sites for hydroxylation is 1.